The number of aromatic nitrogens is 1. The second-order valence-corrected chi connectivity index (χ2v) is 5.63. The molecule has 2 rings (SSSR count). The fourth-order valence-electron chi connectivity index (χ4n) is 2.46. The summed E-state index contributed by atoms with van der Waals surface area (Å²) >= 11 is 0. The number of rotatable bonds is 5. The van der Waals surface area contributed by atoms with E-state index in [0.717, 1.165) is 23.7 Å². The monoisotopic (exact) mass is 273 g/mol. The number of carbonyl (C=O) groups excluding carboxylic acids is 1. The normalized spacial score (nSPS) is 14.2. The Labute approximate surface area is 119 Å². The zero-order valence-electron chi connectivity index (χ0n) is 12.4. The van der Waals surface area contributed by atoms with Gasteiger partial charge in [0.15, 0.2) is 0 Å². The largest absolute Gasteiger partial charge is 0.399 e. The van der Waals surface area contributed by atoms with E-state index in [1.807, 2.05) is 18.2 Å². The number of aromatic amines is 1. The highest BCUT2D eigenvalue weighted by molar-refractivity contribution is 6.07. The number of hydrogen-bond acceptors (Lipinski definition) is 2. The van der Waals surface area contributed by atoms with Gasteiger partial charge >= 0.3 is 0 Å². The molecule has 0 aliphatic rings. The van der Waals surface area contributed by atoms with Crippen molar-refractivity contribution in [3.8, 4) is 0 Å². The van der Waals surface area contributed by atoms with Crippen LogP contribution in [0.1, 0.15) is 44.0 Å². The molecule has 4 heteroatoms. The molecular formula is C16H23N3O. The maximum atomic E-state index is 12.3. The van der Waals surface area contributed by atoms with Crippen molar-refractivity contribution in [2.45, 2.75) is 39.7 Å². The summed E-state index contributed by atoms with van der Waals surface area (Å²) in [6, 6.07) is 5.72. The lowest BCUT2D eigenvalue weighted by Gasteiger charge is -2.17. The van der Waals surface area contributed by atoms with E-state index >= 15 is 0 Å². The van der Waals surface area contributed by atoms with Crippen LogP contribution in [0.4, 0.5) is 5.69 Å². The summed E-state index contributed by atoms with van der Waals surface area (Å²) in [5.74, 6) is 0.588. The third kappa shape index (κ3) is 3.13. The molecule has 2 unspecified atom stereocenters. The number of nitrogens with two attached hydrogens (primary N) is 1. The van der Waals surface area contributed by atoms with Crippen molar-refractivity contribution < 1.29 is 4.79 Å². The van der Waals surface area contributed by atoms with Crippen LogP contribution in [0.3, 0.4) is 0 Å². The molecule has 0 radical (unpaired) electrons. The number of nitrogens with one attached hydrogen (secondary N) is 2. The maximum absolute atomic E-state index is 12.3. The number of anilines is 1. The van der Waals surface area contributed by atoms with Crippen LogP contribution in [0.2, 0.25) is 0 Å². The minimum absolute atomic E-state index is 0.0307. The Morgan fingerprint density at radius 1 is 1.40 bits per heavy atom. The van der Waals surface area contributed by atoms with E-state index in [4.69, 9.17) is 5.73 Å². The smallest absolute Gasteiger partial charge is 0.253 e. The van der Waals surface area contributed by atoms with Crippen LogP contribution in [0, 0.1) is 5.92 Å². The fourth-order valence-corrected chi connectivity index (χ4v) is 2.46. The summed E-state index contributed by atoms with van der Waals surface area (Å²) in [6.45, 7) is 6.43. The highest BCUT2D eigenvalue weighted by atomic mass is 16.1. The number of fused-ring (bicyclic) bond motifs is 1. The van der Waals surface area contributed by atoms with Crippen LogP contribution in [-0.2, 0) is 0 Å². The number of carbonyl (C=O) groups is 1. The quantitative estimate of drug-likeness (QED) is 0.731. The zero-order chi connectivity index (χ0) is 14.7. The lowest BCUT2D eigenvalue weighted by molar-refractivity contribution is 0.0937. The first-order chi connectivity index (χ1) is 9.51. The molecule has 1 amide bonds. The topological polar surface area (TPSA) is 70.9 Å². The first kappa shape index (κ1) is 14.4. The molecule has 20 heavy (non-hydrogen) atoms. The van der Waals surface area contributed by atoms with Crippen molar-refractivity contribution in [2.75, 3.05) is 5.73 Å². The Hall–Kier alpha value is -1.97. The summed E-state index contributed by atoms with van der Waals surface area (Å²) in [7, 11) is 0. The minimum Gasteiger partial charge on any atom is -0.399 e. The second-order valence-electron chi connectivity index (χ2n) is 5.63. The van der Waals surface area contributed by atoms with Gasteiger partial charge in [-0.3, -0.25) is 4.79 Å². The lowest BCUT2D eigenvalue weighted by Crippen LogP contribution is -2.33. The number of H-pyrrole nitrogens is 1. The van der Waals surface area contributed by atoms with Crippen molar-refractivity contribution in [2.24, 2.45) is 5.92 Å². The van der Waals surface area contributed by atoms with Crippen molar-refractivity contribution in [1.29, 1.82) is 0 Å². The molecule has 4 N–H and O–H groups in total. The van der Waals surface area contributed by atoms with Gasteiger partial charge in [-0.1, -0.05) is 20.3 Å². The first-order valence-electron chi connectivity index (χ1n) is 7.18. The van der Waals surface area contributed by atoms with E-state index < -0.39 is 0 Å². The molecule has 0 aliphatic carbocycles. The number of amides is 1. The third-order valence-electron chi connectivity index (χ3n) is 3.78. The summed E-state index contributed by atoms with van der Waals surface area (Å²) < 4.78 is 0. The molecule has 0 spiro atoms. The molecule has 1 heterocycles. The Balaban J connectivity index is 2.11. The predicted molar refractivity (Wildman–Crippen MR) is 83.7 cm³/mol. The third-order valence-corrected chi connectivity index (χ3v) is 3.78. The minimum atomic E-state index is -0.0307. The van der Waals surface area contributed by atoms with E-state index in [0.29, 0.717) is 17.2 Å². The van der Waals surface area contributed by atoms with Gasteiger partial charge in [-0.2, -0.15) is 0 Å². The van der Waals surface area contributed by atoms with Gasteiger partial charge < -0.3 is 16.0 Å². The number of hydrogen-bond donors (Lipinski definition) is 3. The lowest BCUT2D eigenvalue weighted by atomic mass is 10.00. The Morgan fingerprint density at radius 2 is 2.15 bits per heavy atom. The van der Waals surface area contributed by atoms with Crippen molar-refractivity contribution >= 4 is 22.5 Å². The van der Waals surface area contributed by atoms with E-state index in [-0.39, 0.29) is 11.9 Å². The van der Waals surface area contributed by atoms with Crippen LogP contribution in [-0.4, -0.2) is 16.9 Å². The highest BCUT2D eigenvalue weighted by Crippen LogP contribution is 2.21. The molecule has 0 saturated heterocycles. The molecule has 0 aliphatic heterocycles. The molecule has 1 aromatic carbocycles. The van der Waals surface area contributed by atoms with Crippen LogP contribution in [0.25, 0.3) is 10.9 Å². The van der Waals surface area contributed by atoms with Gasteiger partial charge in [-0.05, 0) is 37.5 Å². The first-order valence-corrected chi connectivity index (χ1v) is 7.18. The second kappa shape index (κ2) is 5.99. The molecule has 0 saturated carbocycles. The summed E-state index contributed by atoms with van der Waals surface area (Å²) in [6.07, 6.45) is 3.87. The molecule has 0 bridgehead atoms. The van der Waals surface area contributed by atoms with Crippen molar-refractivity contribution in [1.82, 2.24) is 10.3 Å². The van der Waals surface area contributed by atoms with Gasteiger partial charge in [0, 0.05) is 28.8 Å². The van der Waals surface area contributed by atoms with Gasteiger partial charge in [0.2, 0.25) is 0 Å². The molecule has 2 atom stereocenters. The number of benzene rings is 1. The number of nitrogen functional groups attached to an aromatic ring is 1. The molecular weight excluding hydrogens is 250 g/mol. The van der Waals surface area contributed by atoms with Crippen LogP contribution >= 0.6 is 0 Å². The van der Waals surface area contributed by atoms with E-state index in [1.54, 1.807) is 6.20 Å². The highest BCUT2D eigenvalue weighted by Gasteiger charge is 2.15. The Bertz CT molecular complexity index is 603. The SMILES string of the molecule is CCC(C)CC(C)NC(=O)c1c[nH]c2cc(N)ccc12. The maximum Gasteiger partial charge on any atom is 0.253 e. The van der Waals surface area contributed by atoms with Crippen LogP contribution < -0.4 is 11.1 Å². The summed E-state index contributed by atoms with van der Waals surface area (Å²) in [5, 5.41) is 3.97. The van der Waals surface area contributed by atoms with Crippen LogP contribution in [0.5, 0.6) is 0 Å². The van der Waals surface area contributed by atoms with Gasteiger partial charge in [0.25, 0.3) is 5.91 Å². The molecule has 0 fully saturated rings. The average molecular weight is 273 g/mol. The molecule has 1 aromatic heterocycles. The summed E-state index contributed by atoms with van der Waals surface area (Å²) in [4.78, 5) is 15.4. The fraction of sp³-hybridized carbons (Fsp3) is 0.438. The van der Waals surface area contributed by atoms with E-state index in [2.05, 4.69) is 31.1 Å². The van der Waals surface area contributed by atoms with E-state index in [9.17, 15) is 4.79 Å². The van der Waals surface area contributed by atoms with Gasteiger partial charge in [0.05, 0.1) is 5.56 Å². The summed E-state index contributed by atoms with van der Waals surface area (Å²) in [5.41, 5.74) is 8.00. The molecule has 4 nitrogen and oxygen atoms in total. The van der Waals surface area contributed by atoms with Crippen molar-refractivity contribution in [3.63, 3.8) is 0 Å². The zero-order valence-corrected chi connectivity index (χ0v) is 12.4. The Morgan fingerprint density at radius 3 is 2.85 bits per heavy atom. The van der Waals surface area contributed by atoms with Crippen LogP contribution in [0.15, 0.2) is 24.4 Å². The average Bonchev–Trinajstić information content (AvgIpc) is 2.81. The Kier molecular flexibility index (Phi) is 4.32. The van der Waals surface area contributed by atoms with E-state index in [1.165, 1.54) is 0 Å². The standard InChI is InChI=1S/C16H23N3O/c1-4-10(2)7-11(3)19-16(20)14-9-18-15-8-12(17)5-6-13(14)15/h5-6,8-11,18H,4,7,17H2,1-3H3,(H,19,20). The van der Waals surface area contributed by atoms with Gasteiger partial charge in [0.1, 0.15) is 0 Å². The van der Waals surface area contributed by atoms with Crippen molar-refractivity contribution in [3.05, 3.63) is 30.0 Å². The molecule has 2 aromatic rings. The predicted octanol–water partition coefficient (Wildman–Crippen LogP) is 3.30. The van der Waals surface area contributed by atoms with Gasteiger partial charge in [-0.15, -0.1) is 0 Å². The van der Waals surface area contributed by atoms with Gasteiger partial charge in [-0.25, -0.2) is 0 Å². The molecule has 108 valence electrons.